The predicted molar refractivity (Wildman–Crippen MR) is 70.2 cm³/mol. The van der Waals surface area contributed by atoms with Crippen molar-refractivity contribution in [2.75, 3.05) is 7.11 Å². The van der Waals surface area contributed by atoms with E-state index in [0.29, 0.717) is 11.8 Å². The lowest BCUT2D eigenvalue weighted by molar-refractivity contribution is -0.554. The van der Waals surface area contributed by atoms with Crippen LogP contribution in [0.1, 0.15) is 58.8 Å². The van der Waals surface area contributed by atoms with E-state index in [0.717, 1.165) is 25.7 Å². The number of hydrogen-bond donors (Lipinski definition) is 0. The van der Waals surface area contributed by atoms with E-state index in [1.807, 2.05) is 6.92 Å². The van der Waals surface area contributed by atoms with Crippen LogP contribution >= 0.6 is 0 Å². The smallest absolute Gasteiger partial charge is 0.201 e. The fourth-order valence-electron chi connectivity index (χ4n) is 4.31. The van der Waals surface area contributed by atoms with Crippen molar-refractivity contribution in [2.24, 2.45) is 11.8 Å². The largest absolute Gasteiger partial charge is 0.353 e. The molecule has 5 atom stereocenters. The van der Waals surface area contributed by atoms with Gasteiger partial charge >= 0.3 is 0 Å². The summed E-state index contributed by atoms with van der Waals surface area (Å²) in [4.78, 5) is 11.7. The van der Waals surface area contributed by atoms with Gasteiger partial charge in [0.15, 0.2) is 11.9 Å². The summed E-state index contributed by atoms with van der Waals surface area (Å²) < 4.78 is 11.8. The van der Waals surface area contributed by atoms with Crippen LogP contribution in [0.3, 0.4) is 0 Å². The molecule has 3 saturated heterocycles. The minimum Gasteiger partial charge on any atom is -0.353 e. The molecular formula is C15H26O4. The molecule has 4 fully saturated rings. The van der Waals surface area contributed by atoms with E-state index in [1.165, 1.54) is 19.3 Å². The van der Waals surface area contributed by atoms with Gasteiger partial charge in [0.1, 0.15) is 0 Å². The molecule has 19 heavy (non-hydrogen) atoms. The van der Waals surface area contributed by atoms with E-state index < -0.39 is 5.79 Å². The summed E-state index contributed by atoms with van der Waals surface area (Å²) in [5.74, 6) is 0.330. The number of hydrogen-bond acceptors (Lipinski definition) is 4. The van der Waals surface area contributed by atoms with Crippen LogP contribution in [0.25, 0.3) is 0 Å². The van der Waals surface area contributed by atoms with Crippen molar-refractivity contribution in [3.63, 3.8) is 0 Å². The Morgan fingerprint density at radius 3 is 2.79 bits per heavy atom. The van der Waals surface area contributed by atoms with Gasteiger partial charge in [-0.15, -0.1) is 0 Å². The summed E-state index contributed by atoms with van der Waals surface area (Å²) in [7, 11) is 1.72. The Labute approximate surface area is 115 Å². The molecule has 4 nitrogen and oxygen atoms in total. The van der Waals surface area contributed by atoms with Crippen molar-refractivity contribution in [3.8, 4) is 0 Å². The van der Waals surface area contributed by atoms with Crippen molar-refractivity contribution in [3.05, 3.63) is 0 Å². The molecule has 0 radical (unpaired) electrons. The Hall–Kier alpha value is -0.160. The van der Waals surface area contributed by atoms with Crippen LogP contribution in [-0.4, -0.2) is 24.8 Å². The highest BCUT2D eigenvalue weighted by molar-refractivity contribution is 5.03. The van der Waals surface area contributed by atoms with Gasteiger partial charge in [0.2, 0.25) is 5.79 Å². The zero-order valence-electron chi connectivity index (χ0n) is 12.3. The fraction of sp³-hybridized carbons (Fsp3) is 1.00. The van der Waals surface area contributed by atoms with Crippen LogP contribution in [0.5, 0.6) is 0 Å². The van der Waals surface area contributed by atoms with Gasteiger partial charge in [0, 0.05) is 13.5 Å². The van der Waals surface area contributed by atoms with Gasteiger partial charge in [0.25, 0.3) is 0 Å². The highest BCUT2D eigenvalue weighted by atomic mass is 17.3. The lowest BCUT2D eigenvalue weighted by atomic mass is 9.65. The summed E-state index contributed by atoms with van der Waals surface area (Å²) in [6.07, 6.45) is 7.69. The molecule has 2 bridgehead atoms. The van der Waals surface area contributed by atoms with E-state index in [-0.39, 0.29) is 11.9 Å². The van der Waals surface area contributed by atoms with E-state index in [9.17, 15) is 0 Å². The van der Waals surface area contributed by atoms with Gasteiger partial charge in [-0.3, -0.25) is 0 Å². The molecule has 0 amide bonds. The van der Waals surface area contributed by atoms with E-state index in [2.05, 4.69) is 6.92 Å². The molecule has 0 aromatic rings. The van der Waals surface area contributed by atoms with Gasteiger partial charge in [-0.2, -0.15) is 0 Å². The zero-order valence-corrected chi connectivity index (χ0v) is 12.3. The second-order valence-corrected chi connectivity index (χ2v) is 6.49. The first-order valence-electron chi connectivity index (χ1n) is 7.72. The molecule has 0 aromatic heterocycles. The van der Waals surface area contributed by atoms with Crippen LogP contribution in [0.2, 0.25) is 0 Å². The summed E-state index contributed by atoms with van der Waals surface area (Å²) in [6, 6.07) is 0. The number of ether oxygens (including phenoxy) is 2. The summed E-state index contributed by atoms with van der Waals surface area (Å²) in [5.41, 5.74) is -0.390. The highest BCUT2D eigenvalue weighted by Gasteiger charge is 2.63. The molecule has 4 heteroatoms. The lowest BCUT2D eigenvalue weighted by Crippen LogP contribution is -2.63. The molecule has 4 rings (SSSR count). The predicted octanol–water partition coefficient (Wildman–Crippen LogP) is 3.40. The first kappa shape index (κ1) is 13.8. The van der Waals surface area contributed by atoms with Crippen LogP contribution in [0, 0.1) is 11.8 Å². The third-order valence-electron chi connectivity index (χ3n) is 5.27. The van der Waals surface area contributed by atoms with E-state index in [4.69, 9.17) is 19.2 Å². The highest BCUT2D eigenvalue weighted by Crippen LogP contribution is 2.55. The molecule has 4 aliphatic rings. The second kappa shape index (κ2) is 4.99. The van der Waals surface area contributed by atoms with Gasteiger partial charge in [-0.25, -0.2) is 9.78 Å². The third kappa shape index (κ3) is 2.04. The molecule has 1 spiro atoms. The van der Waals surface area contributed by atoms with Crippen molar-refractivity contribution in [1.29, 1.82) is 0 Å². The zero-order chi connectivity index (χ0) is 13.5. The van der Waals surface area contributed by atoms with Crippen LogP contribution < -0.4 is 0 Å². The van der Waals surface area contributed by atoms with Crippen molar-refractivity contribution in [2.45, 2.75) is 76.5 Å². The second-order valence-electron chi connectivity index (χ2n) is 6.49. The molecule has 0 unspecified atom stereocenters. The lowest BCUT2D eigenvalue weighted by Gasteiger charge is -2.53. The molecule has 3 aliphatic heterocycles. The van der Waals surface area contributed by atoms with E-state index in [1.54, 1.807) is 7.11 Å². The van der Waals surface area contributed by atoms with Crippen molar-refractivity contribution >= 4 is 0 Å². The topological polar surface area (TPSA) is 36.9 Å². The first-order valence-corrected chi connectivity index (χ1v) is 7.72. The Morgan fingerprint density at radius 1 is 1.21 bits per heavy atom. The Bertz CT molecular complexity index is 323. The molecule has 3 heterocycles. The minimum atomic E-state index is -0.639. The van der Waals surface area contributed by atoms with Crippen molar-refractivity contribution < 1.29 is 19.2 Å². The van der Waals surface area contributed by atoms with Crippen LogP contribution in [0.4, 0.5) is 0 Å². The number of fused-ring (bicyclic) bond motifs is 3. The maximum atomic E-state index is 6.11. The first-order chi connectivity index (χ1) is 9.14. The minimum absolute atomic E-state index is 0.296. The van der Waals surface area contributed by atoms with E-state index >= 15 is 0 Å². The average molecular weight is 270 g/mol. The van der Waals surface area contributed by atoms with Crippen LogP contribution in [-0.2, 0) is 19.2 Å². The SMILES string of the molecule is CCC[C@@H]1CCC[C@@H]2CC[C@]3(C)OO[C@@]12[C@@H](OC)O3. The van der Waals surface area contributed by atoms with Gasteiger partial charge in [-0.05, 0) is 44.4 Å². The van der Waals surface area contributed by atoms with Crippen LogP contribution in [0.15, 0.2) is 0 Å². The number of methoxy groups -OCH3 is 1. The molecular weight excluding hydrogens is 244 g/mol. The molecule has 0 N–H and O–H groups in total. The van der Waals surface area contributed by atoms with Gasteiger partial charge in [0.05, 0.1) is 0 Å². The standard InChI is InChI=1S/C15H26O4/c1-4-6-11-7-5-8-12-9-10-14(2)17-13(16-3)15(11,12)19-18-14/h11-13H,4-10H2,1-3H3/t11-,12-,13+,14+,15+/m1/s1. The molecule has 1 saturated carbocycles. The Kier molecular flexibility index (Phi) is 3.63. The Balaban J connectivity index is 1.97. The maximum Gasteiger partial charge on any atom is 0.201 e. The third-order valence-corrected chi connectivity index (χ3v) is 5.27. The molecule has 110 valence electrons. The number of rotatable bonds is 3. The van der Waals surface area contributed by atoms with Gasteiger partial charge in [-0.1, -0.05) is 19.8 Å². The quantitative estimate of drug-likeness (QED) is 0.736. The summed E-state index contributed by atoms with van der Waals surface area (Å²) >= 11 is 0. The van der Waals surface area contributed by atoms with Crippen molar-refractivity contribution in [1.82, 2.24) is 0 Å². The Morgan fingerprint density at radius 2 is 2.05 bits per heavy atom. The summed E-state index contributed by atoms with van der Waals surface area (Å²) in [5, 5.41) is 0. The monoisotopic (exact) mass is 270 g/mol. The fourth-order valence-corrected chi connectivity index (χ4v) is 4.31. The normalized spacial score (nSPS) is 49.7. The molecule has 1 aliphatic carbocycles. The van der Waals surface area contributed by atoms with Gasteiger partial charge < -0.3 is 9.47 Å². The maximum absolute atomic E-state index is 6.11. The average Bonchev–Trinajstić information content (AvgIpc) is 2.64. The summed E-state index contributed by atoms with van der Waals surface area (Å²) in [6.45, 7) is 4.19. The molecule has 0 aromatic carbocycles.